The Kier molecular flexibility index (Phi) is 9.58. The molecule has 5 rings (SSSR count). The monoisotopic (exact) mass is 567 g/mol. The van der Waals surface area contributed by atoms with Gasteiger partial charge in [0.15, 0.2) is 0 Å². The van der Waals surface area contributed by atoms with Gasteiger partial charge in [-0.3, -0.25) is 9.69 Å². The maximum atomic E-state index is 12.0. The number of hydrogen-bond donors (Lipinski definition) is 0. The number of piperazine rings is 1. The zero-order valence-corrected chi connectivity index (χ0v) is 24.2. The van der Waals surface area contributed by atoms with Crippen molar-refractivity contribution in [3.05, 3.63) is 70.3 Å². The van der Waals surface area contributed by atoms with Crippen LogP contribution in [0.5, 0.6) is 5.75 Å². The van der Waals surface area contributed by atoms with Crippen LogP contribution in [0, 0.1) is 0 Å². The molecule has 0 atom stereocenters. The minimum Gasteiger partial charge on any atom is -0.778 e. The Balaban J connectivity index is 0.00000320. The van der Waals surface area contributed by atoms with Gasteiger partial charge in [-0.05, 0) is 61.2 Å². The van der Waals surface area contributed by atoms with Crippen LogP contribution in [0.25, 0.3) is 21.0 Å². The van der Waals surface area contributed by atoms with Crippen molar-refractivity contribution in [2.45, 2.75) is 12.8 Å². The average molecular weight is 568 g/mol. The number of rotatable bonds is 9. The summed E-state index contributed by atoms with van der Waals surface area (Å²) in [5.74, 6) is 0.466. The molecule has 3 heterocycles. The van der Waals surface area contributed by atoms with Gasteiger partial charge in [-0.1, -0.05) is 6.07 Å². The van der Waals surface area contributed by atoms with Crippen molar-refractivity contribution >= 4 is 83.6 Å². The molecule has 2 aromatic carbocycles. The molecular formula is C25H26CaN3O6PS. The molecule has 0 unspecified atom stereocenters. The summed E-state index contributed by atoms with van der Waals surface area (Å²) in [6.07, 6.45) is 1.83. The molecule has 0 bridgehead atoms. The molecule has 190 valence electrons. The molecule has 0 amide bonds. The first-order chi connectivity index (χ1) is 17.4. The third-order valence-corrected chi connectivity index (χ3v) is 7.58. The number of unbranched alkanes of at least 4 members (excludes halogenated alkanes) is 1. The number of phosphoric acid groups is 1. The van der Waals surface area contributed by atoms with Gasteiger partial charge in [0.05, 0.1) is 12.1 Å². The molecule has 0 radical (unpaired) electrons. The first kappa shape index (κ1) is 28.4. The summed E-state index contributed by atoms with van der Waals surface area (Å²) in [6, 6.07) is 16.3. The van der Waals surface area contributed by atoms with Crippen molar-refractivity contribution in [1.82, 2.24) is 9.63 Å². The Morgan fingerprint density at radius 3 is 2.54 bits per heavy atom. The van der Waals surface area contributed by atoms with E-state index in [0.717, 1.165) is 51.6 Å². The van der Waals surface area contributed by atoms with Crippen LogP contribution in [0.2, 0.25) is 0 Å². The third kappa shape index (κ3) is 7.07. The van der Waals surface area contributed by atoms with E-state index in [0.29, 0.717) is 22.5 Å². The largest absolute Gasteiger partial charge is 2.00 e. The summed E-state index contributed by atoms with van der Waals surface area (Å²) in [4.78, 5) is 39.0. The van der Waals surface area contributed by atoms with Crippen LogP contribution >= 0.6 is 19.2 Å². The van der Waals surface area contributed by atoms with Crippen LogP contribution < -0.4 is 29.6 Å². The molecule has 1 aliphatic heterocycles. The Labute approximate surface area is 248 Å². The maximum Gasteiger partial charge on any atom is 2.00 e. The fourth-order valence-electron chi connectivity index (χ4n) is 4.56. The summed E-state index contributed by atoms with van der Waals surface area (Å²) in [6.45, 7) is 5.52. The Bertz CT molecular complexity index is 1460. The molecular weight excluding hydrogens is 541 g/mol. The summed E-state index contributed by atoms with van der Waals surface area (Å²) < 4.78 is 23.0. The quantitative estimate of drug-likeness (QED) is 0.172. The van der Waals surface area contributed by atoms with E-state index in [1.807, 2.05) is 0 Å². The van der Waals surface area contributed by atoms with Crippen LogP contribution in [-0.4, -0.2) is 86.7 Å². The number of hydrogen-bond acceptors (Lipinski definition) is 9. The topological polar surface area (TPSA) is 110 Å². The Hall–Kier alpha value is -1.62. The van der Waals surface area contributed by atoms with E-state index in [1.54, 1.807) is 23.5 Å². The molecule has 9 nitrogen and oxygen atoms in total. The Morgan fingerprint density at radius 2 is 1.76 bits per heavy atom. The summed E-state index contributed by atoms with van der Waals surface area (Å²) in [7, 11) is -5.39. The SMILES string of the molecule is O=c1ccc2ccc(OCCCCN3CCN(c4cccc5sccc45)CC3)cc2n1OP(=O)([O-])[O-].[Ca+2]. The van der Waals surface area contributed by atoms with E-state index in [9.17, 15) is 19.1 Å². The first-order valence-electron chi connectivity index (χ1n) is 11.8. The molecule has 1 aliphatic rings. The van der Waals surface area contributed by atoms with Gasteiger partial charge in [0, 0.05) is 59.5 Å². The predicted octanol–water partition coefficient (Wildman–Crippen LogP) is 2.07. The number of pyridine rings is 1. The van der Waals surface area contributed by atoms with Crippen LogP contribution in [0.4, 0.5) is 5.69 Å². The van der Waals surface area contributed by atoms with E-state index in [1.165, 1.54) is 27.9 Å². The maximum absolute atomic E-state index is 12.0. The van der Waals surface area contributed by atoms with Gasteiger partial charge in [0.1, 0.15) is 13.6 Å². The van der Waals surface area contributed by atoms with Crippen molar-refractivity contribution in [3.63, 3.8) is 0 Å². The number of aromatic nitrogens is 1. The molecule has 0 spiro atoms. The van der Waals surface area contributed by atoms with Crippen LogP contribution in [0.15, 0.2) is 64.8 Å². The molecule has 12 heteroatoms. The smallest absolute Gasteiger partial charge is 0.778 e. The van der Waals surface area contributed by atoms with Crippen molar-refractivity contribution in [3.8, 4) is 5.75 Å². The predicted molar refractivity (Wildman–Crippen MR) is 143 cm³/mol. The third-order valence-electron chi connectivity index (χ3n) is 6.33. The van der Waals surface area contributed by atoms with Gasteiger partial charge >= 0.3 is 37.7 Å². The standard InChI is InChI=1S/C25H28N3O6PS.Ca/c29-25-9-7-19-6-8-20(18-23(19)28(25)34-35(30,31)32)33-16-2-1-11-26-12-14-27(15-13-26)22-4-3-5-24-21(22)10-17-36-24;/h3-10,17-18H,1-2,11-16H2,(H2,30,31,32);/q;+2/p-2. The number of benzene rings is 2. The fourth-order valence-corrected chi connectivity index (χ4v) is 5.73. The zero-order chi connectivity index (χ0) is 25.1. The minimum atomic E-state index is -5.39. The van der Waals surface area contributed by atoms with E-state index >= 15 is 0 Å². The van der Waals surface area contributed by atoms with Crippen molar-refractivity contribution in [2.24, 2.45) is 0 Å². The van der Waals surface area contributed by atoms with E-state index in [2.05, 4.69) is 44.1 Å². The normalized spacial score (nSPS) is 14.6. The molecule has 0 N–H and O–H groups in total. The van der Waals surface area contributed by atoms with Gasteiger partial charge in [0.25, 0.3) is 5.56 Å². The number of thiophene rings is 1. The van der Waals surface area contributed by atoms with Crippen molar-refractivity contribution in [2.75, 3.05) is 44.2 Å². The van der Waals surface area contributed by atoms with Crippen molar-refractivity contribution in [1.29, 1.82) is 0 Å². The second kappa shape index (κ2) is 12.5. The van der Waals surface area contributed by atoms with Crippen LogP contribution in [0.3, 0.4) is 0 Å². The van der Waals surface area contributed by atoms with Crippen molar-refractivity contribution < 1.29 is 23.7 Å². The van der Waals surface area contributed by atoms with Gasteiger partial charge < -0.3 is 28.6 Å². The minimum absolute atomic E-state index is 0. The zero-order valence-electron chi connectivity index (χ0n) is 20.3. The second-order valence-corrected chi connectivity index (χ2v) is 10.7. The van der Waals surface area contributed by atoms with Crippen LogP contribution in [-0.2, 0) is 4.57 Å². The molecule has 1 saturated heterocycles. The molecule has 0 saturated carbocycles. The number of ether oxygens (including phenoxy) is 1. The van der Waals surface area contributed by atoms with E-state index < -0.39 is 13.4 Å². The Morgan fingerprint density at radius 1 is 0.973 bits per heavy atom. The molecule has 1 fully saturated rings. The summed E-state index contributed by atoms with van der Waals surface area (Å²) >= 11 is 1.78. The summed E-state index contributed by atoms with van der Waals surface area (Å²) in [5, 5.41) is 4.03. The van der Waals surface area contributed by atoms with Gasteiger partial charge in [-0.15, -0.1) is 16.1 Å². The molecule has 2 aromatic heterocycles. The van der Waals surface area contributed by atoms with E-state index in [-0.39, 0.29) is 43.3 Å². The molecule has 4 aromatic rings. The van der Waals surface area contributed by atoms with Gasteiger partial charge in [-0.25, -0.2) is 0 Å². The summed E-state index contributed by atoms with van der Waals surface area (Å²) in [5.41, 5.74) is 0.725. The number of fused-ring (bicyclic) bond motifs is 2. The second-order valence-electron chi connectivity index (χ2n) is 8.71. The fraction of sp³-hybridized carbons (Fsp3) is 0.320. The average Bonchev–Trinajstić information content (AvgIpc) is 3.35. The molecule has 0 aliphatic carbocycles. The van der Waals surface area contributed by atoms with Gasteiger partial charge in [-0.2, -0.15) is 0 Å². The van der Waals surface area contributed by atoms with E-state index in [4.69, 9.17) is 4.74 Å². The number of nitrogens with zero attached hydrogens (tertiary/aromatic N) is 3. The van der Waals surface area contributed by atoms with Gasteiger partial charge in [0.2, 0.25) is 0 Å². The molecule has 37 heavy (non-hydrogen) atoms. The first-order valence-corrected chi connectivity index (χ1v) is 14.2. The van der Waals surface area contributed by atoms with Crippen LogP contribution in [0.1, 0.15) is 12.8 Å². The number of anilines is 1.